The van der Waals surface area contributed by atoms with Gasteiger partial charge in [0.2, 0.25) is 0 Å². The van der Waals surface area contributed by atoms with Gasteiger partial charge in [0.25, 0.3) is 0 Å². The number of halogens is 1. The number of nitrogens with two attached hydrogens (primary N) is 1. The highest BCUT2D eigenvalue weighted by molar-refractivity contribution is 9.10. The monoisotopic (exact) mass is 364 g/mol. The number of hydrogen-bond acceptors (Lipinski definition) is 3. The highest BCUT2D eigenvalue weighted by Crippen LogP contribution is 2.40. The molecule has 1 saturated carbocycles. The van der Waals surface area contributed by atoms with Crippen LogP contribution in [0.25, 0.3) is 0 Å². The van der Waals surface area contributed by atoms with Crippen molar-refractivity contribution in [3.8, 4) is 0 Å². The zero-order valence-electron chi connectivity index (χ0n) is 12.3. The van der Waals surface area contributed by atoms with Gasteiger partial charge in [-0.25, -0.2) is 0 Å². The maximum absolute atomic E-state index is 6.03. The molecule has 1 fully saturated rings. The van der Waals surface area contributed by atoms with Gasteiger partial charge in [-0.15, -0.1) is 11.3 Å². The Balaban J connectivity index is 1.70. The van der Waals surface area contributed by atoms with Crippen LogP contribution in [0.5, 0.6) is 0 Å². The SMILES string of the molecule is CN(Cc1cc(Br)cs1)C(CN)c1ccc(C2CC2)cc1. The van der Waals surface area contributed by atoms with E-state index in [1.807, 2.05) is 0 Å². The minimum absolute atomic E-state index is 0.277. The van der Waals surface area contributed by atoms with E-state index < -0.39 is 0 Å². The molecule has 4 heteroatoms. The van der Waals surface area contributed by atoms with Crippen molar-refractivity contribution in [3.05, 3.63) is 56.2 Å². The van der Waals surface area contributed by atoms with Gasteiger partial charge < -0.3 is 5.73 Å². The summed E-state index contributed by atoms with van der Waals surface area (Å²) in [5, 5.41) is 2.13. The van der Waals surface area contributed by atoms with E-state index in [1.54, 1.807) is 11.3 Å². The topological polar surface area (TPSA) is 29.3 Å². The lowest BCUT2D eigenvalue weighted by Crippen LogP contribution is -2.29. The lowest BCUT2D eigenvalue weighted by molar-refractivity contribution is 0.244. The van der Waals surface area contributed by atoms with Crippen molar-refractivity contribution in [1.29, 1.82) is 0 Å². The van der Waals surface area contributed by atoms with E-state index >= 15 is 0 Å². The van der Waals surface area contributed by atoms with E-state index in [4.69, 9.17) is 5.73 Å². The molecular formula is C17H21BrN2S. The Morgan fingerprint density at radius 2 is 2.05 bits per heavy atom. The second kappa shape index (κ2) is 6.61. The Morgan fingerprint density at radius 3 is 2.57 bits per heavy atom. The molecule has 1 aromatic heterocycles. The van der Waals surface area contributed by atoms with Crippen molar-refractivity contribution < 1.29 is 0 Å². The van der Waals surface area contributed by atoms with Crippen LogP contribution in [0, 0.1) is 0 Å². The molecule has 21 heavy (non-hydrogen) atoms. The van der Waals surface area contributed by atoms with Crippen LogP contribution in [-0.2, 0) is 6.54 Å². The van der Waals surface area contributed by atoms with E-state index in [0.29, 0.717) is 6.54 Å². The Bertz CT molecular complexity index is 589. The second-order valence-corrected chi connectivity index (χ2v) is 7.75. The molecule has 2 nitrogen and oxygen atoms in total. The van der Waals surface area contributed by atoms with E-state index in [-0.39, 0.29) is 6.04 Å². The number of thiophene rings is 1. The van der Waals surface area contributed by atoms with Crippen molar-refractivity contribution >= 4 is 27.3 Å². The van der Waals surface area contributed by atoms with E-state index in [0.717, 1.165) is 16.9 Å². The molecule has 1 unspecified atom stereocenters. The zero-order chi connectivity index (χ0) is 14.8. The summed E-state index contributed by atoms with van der Waals surface area (Å²) in [5.74, 6) is 0.816. The molecular weight excluding hydrogens is 344 g/mol. The van der Waals surface area contributed by atoms with Crippen molar-refractivity contribution in [3.63, 3.8) is 0 Å². The first-order valence-corrected chi connectivity index (χ1v) is 9.07. The number of hydrogen-bond donors (Lipinski definition) is 1. The minimum atomic E-state index is 0.277. The average molecular weight is 365 g/mol. The van der Waals surface area contributed by atoms with Gasteiger partial charge in [0.05, 0.1) is 0 Å². The number of likely N-dealkylation sites (N-methyl/N-ethyl adjacent to an activating group) is 1. The van der Waals surface area contributed by atoms with Crippen LogP contribution in [0.15, 0.2) is 40.2 Å². The van der Waals surface area contributed by atoms with E-state index in [2.05, 4.69) is 63.6 Å². The van der Waals surface area contributed by atoms with Crippen LogP contribution in [0.2, 0.25) is 0 Å². The van der Waals surface area contributed by atoms with Gasteiger partial charge in [-0.2, -0.15) is 0 Å². The van der Waals surface area contributed by atoms with Crippen LogP contribution in [0.1, 0.15) is 40.8 Å². The molecule has 1 aliphatic carbocycles. The summed E-state index contributed by atoms with van der Waals surface area (Å²) in [5.41, 5.74) is 8.83. The molecule has 1 atom stereocenters. The zero-order valence-corrected chi connectivity index (χ0v) is 14.7. The van der Waals surface area contributed by atoms with E-state index in [1.165, 1.54) is 28.8 Å². The fourth-order valence-electron chi connectivity index (χ4n) is 2.77. The Morgan fingerprint density at radius 1 is 1.33 bits per heavy atom. The Hall–Kier alpha value is -0.680. The molecule has 1 aromatic carbocycles. The maximum atomic E-state index is 6.03. The first kappa shape index (κ1) is 15.2. The standard InChI is InChI=1S/C17H21BrN2S/c1-20(10-16-8-15(18)11-21-16)17(9-19)14-6-4-13(5-7-14)12-2-3-12/h4-8,11-12,17H,2-3,9-10,19H2,1H3. The number of nitrogens with zero attached hydrogens (tertiary/aromatic N) is 1. The first-order chi connectivity index (χ1) is 10.2. The smallest absolute Gasteiger partial charge is 0.0471 e. The summed E-state index contributed by atoms with van der Waals surface area (Å²) in [6.07, 6.45) is 2.71. The summed E-state index contributed by atoms with van der Waals surface area (Å²) >= 11 is 5.30. The summed E-state index contributed by atoms with van der Waals surface area (Å²) < 4.78 is 1.16. The third-order valence-corrected chi connectivity index (χ3v) is 5.83. The van der Waals surface area contributed by atoms with Crippen molar-refractivity contribution in [2.45, 2.75) is 31.3 Å². The number of rotatable bonds is 6. The highest BCUT2D eigenvalue weighted by atomic mass is 79.9. The van der Waals surface area contributed by atoms with Gasteiger partial charge in [0.15, 0.2) is 0 Å². The van der Waals surface area contributed by atoms with Crippen LogP contribution in [0.3, 0.4) is 0 Å². The molecule has 3 rings (SSSR count). The van der Waals surface area contributed by atoms with Crippen LogP contribution >= 0.6 is 27.3 Å². The average Bonchev–Trinajstić information content (AvgIpc) is 3.24. The van der Waals surface area contributed by atoms with Crippen LogP contribution in [0.4, 0.5) is 0 Å². The molecule has 0 aliphatic heterocycles. The molecule has 0 bridgehead atoms. The largest absolute Gasteiger partial charge is 0.329 e. The van der Waals surface area contributed by atoms with Crippen molar-refractivity contribution in [2.75, 3.05) is 13.6 Å². The third kappa shape index (κ3) is 3.75. The van der Waals surface area contributed by atoms with Gasteiger partial charge in [-0.1, -0.05) is 24.3 Å². The van der Waals surface area contributed by atoms with Crippen molar-refractivity contribution in [2.24, 2.45) is 5.73 Å². The van der Waals surface area contributed by atoms with Gasteiger partial charge in [-0.3, -0.25) is 4.90 Å². The fraction of sp³-hybridized carbons (Fsp3) is 0.412. The quantitative estimate of drug-likeness (QED) is 0.816. The molecule has 1 aliphatic rings. The molecule has 2 aromatic rings. The molecule has 0 amide bonds. The molecule has 0 radical (unpaired) electrons. The van der Waals surface area contributed by atoms with Crippen LogP contribution in [-0.4, -0.2) is 18.5 Å². The summed E-state index contributed by atoms with van der Waals surface area (Å²) in [4.78, 5) is 3.70. The molecule has 1 heterocycles. The third-order valence-electron chi connectivity index (χ3n) is 4.15. The van der Waals surface area contributed by atoms with Gasteiger partial charge in [0.1, 0.15) is 0 Å². The van der Waals surface area contributed by atoms with Gasteiger partial charge >= 0.3 is 0 Å². The predicted molar refractivity (Wildman–Crippen MR) is 93.7 cm³/mol. The van der Waals surface area contributed by atoms with Crippen LogP contribution < -0.4 is 5.73 Å². The lowest BCUT2D eigenvalue weighted by Gasteiger charge is -2.27. The lowest BCUT2D eigenvalue weighted by atomic mass is 10.0. The summed E-state index contributed by atoms with van der Waals surface area (Å²) in [7, 11) is 2.15. The summed E-state index contributed by atoms with van der Waals surface area (Å²) in [6, 6.07) is 11.5. The Labute approximate surface area is 139 Å². The second-order valence-electron chi connectivity index (χ2n) is 5.84. The fourth-order valence-corrected chi connectivity index (χ4v) is 4.28. The predicted octanol–water partition coefficient (Wildman–Crippen LogP) is 4.52. The molecule has 0 spiro atoms. The Kier molecular flexibility index (Phi) is 4.79. The summed E-state index contributed by atoms with van der Waals surface area (Å²) in [6.45, 7) is 1.58. The van der Waals surface area contributed by atoms with Gasteiger partial charge in [0, 0.05) is 33.9 Å². The number of benzene rings is 1. The maximum Gasteiger partial charge on any atom is 0.0471 e. The molecule has 2 N–H and O–H groups in total. The van der Waals surface area contributed by atoms with Crippen molar-refractivity contribution in [1.82, 2.24) is 4.90 Å². The minimum Gasteiger partial charge on any atom is -0.329 e. The highest BCUT2D eigenvalue weighted by Gasteiger charge is 2.24. The normalized spacial score (nSPS) is 16.4. The first-order valence-electron chi connectivity index (χ1n) is 7.40. The molecule has 112 valence electrons. The molecule has 0 saturated heterocycles. The van der Waals surface area contributed by atoms with E-state index in [9.17, 15) is 0 Å². The van der Waals surface area contributed by atoms with Gasteiger partial charge in [-0.05, 0) is 58.9 Å².